The zero-order chi connectivity index (χ0) is 15.2. The summed E-state index contributed by atoms with van der Waals surface area (Å²) in [6.45, 7) is 10.6. The SMILES string of the molecule is CCCCCCCC/C(Br)=C/B1OC(C)(C)C(C)(C)O1. The molecule has 0 N–H and O–H groups in total. The fourth-order valence-corrected chi connectivity index (χ4v) is 2.76. The van der Waals surface area contributed by atoms with Crippen LogP contribution in [0.2, 0.25) is 0 Å². The van der Waals surface area contributed by atoms with Crippen LogP contribution in [-0.4, -0.2) is 18.3 Å². The minimum atomic E-state index is -0.248. The van der Waals surface area contributed by atoms with Gasteiger partial charge in [0.2, 0.25) is 0 Å². The van der Waals surface area contributed by atoms with Gasteiger partial charge in [-0.2, -0.15) is 0 Å². The highest BCUT2D eigenvalue weighted by atomic mass is 79.9. The van der Waals surface area contributed by atoms with Gasteiger partial charge in [-0.05, 0) is 51.0 Å². The lowest BCUT2D eigenvalue weighted by Crippen LogP contribution is -2.41. The number of rotatable bonds is 8. The molecule has 0 aromatic rings. The number of unbranched alkanes of at least 4 members (excludes halogenated alkanes) is 5. The summed E-state index contributed by atoms with van der Waals surface area (Å²) in [6.07, 6.45) is 9.03. The first-order valence-corrected chi connectivity index (χ1v) is 8.79. The van der Waals surface area contributed by atoms with E-state index in [2.05, 4.69) is 56.5 Å². The number of halogens is 1. The fourth-order valence-electron chi connectivity index (χ4n) is 2.26. The molecule has 1 rings (SSSR count). The molecule has 1 saturated heterocycles. The lowest BCUT2D eigenvalue weighted by molar-refractivity contribution is 0.00578. The van der Waals surface area contributed by atoms with Crippen LogP contribution in [0.5, 0.6) is 0 Å². The first-order chi connectivity index (χ1) is 9.28. The van der Waals surface area contributed by atoms with E-state index >= 15 is 0 Å². The Morgan fingerprint density at radius 3 is 2.00 bits per heavy atom. The average Bonchev–Trinajstić information content (AvgIpc) is 2.51. The van der Waals surface area contributed by atoms with Crippen LogP contribution in [0, 0.1) is 0 Å². The second-order valence-corrected chi connectivity index (χ2v) is 7.77. The predicted octanol–water partition coefficient (Wildman–Crippen LogP) is 5.65. The van der Waals surface area contributed by atoms with Gasteiger partial charge in [0.05, 0.1) is 11.2 Å². The first-order valence-electron chi connectivity index (χ1n) is 8.00. The van der Waals surface area contributed by atoms with Gasteiger partial charge in [-0.3, -0.25) is 0 Å². The molecular formula is C16H30BBrO2. The summed E-state index contributed by atoms with van der Waals surface area (Å²) in [5, 5.41) is 0. The van der Waals surface area contributed by atoms with Gasteiger partial charge in [-0.1, -0.05) is 55.0 Å². The first kappa shape index (κ1) is 18.3. The van der Waals surface area contributed by atoms with E-state index < -0.39 is 0 Å². The molecule has 0 aliphatic carbocycles. The minimum absolute atomic E-state index is 0.227. The third-order valence-corrected chi connectivity index (χ3v) is 5.02. The Kier molecular flexibility index (Phi) is 7.30. The summed E-state index contributed by atoms with van der Waals surface area (Å²) in [6, 6.07) is 0. The van der Waals surface area contributed by atoms with Gasteiger partial charge in [-0.15, -0.1) is 0 Å². The van der Waals surface area contributed by atoms with Crippen LogP contribution in [0.15, 0.2) is 10.5 Å². The highest BCUT2D eigenvalue weighted by Crippen LogP contribution is 2.37. The van der Waals surface area contributed by atoms with Crippen LogP contribution in [0.3, 0.4) is 0 Å². The summed E-state index contributed by atoms with van der Waals surface area (Å²) in [5.74, 6) is 2.07. The maximum atomic E-state index is 5.97. The van der Waals surface area contributed by atoms with Crippen molar-refractivity contribution in [2.24, 2.45) is 0 Å². The second-order valence-electron chi connectivity index (χ2n) is 6.76. The number of hydrogen-bond donors (Lipinski definition) is 0. The third-order valence-electron chi connectivity index (χ3n) is 4.36. The summed E-state index contributed by atoms with van der Waals surface area (Å²) in [4.78, 5) is 0. The van der Waals surface area contributed by atoms with E-state index in [1.165, 1.54) is 43.0 Å². The van der Waals surface area contributed by atoms with Crippen molar-refractivity contribution < 1.29 is 9.31 Å². The Labute approximate surface area is 134 Å². The van der Waals surface area contributed by atoms with Gasteiger partial charge in [-0.25, -0.2) is 0 Å². The maximum absolute atomic E-state index is 5.97. The van der Waals surface area contributed by atoms with Crippen molar-refractivity contribution in [2.75, 3.05) is 0 Å². The third kappa shape index (κ3) is 5.53. The Bertz CT molecular complexity index is 310. The Hall–Kier alpha value is 0.205. The zero-order valence-electron chi connectivity index (χ0n) is 13.8. The minimum Gasteiger partial charge on any atom is -0.400 e. The van der Waals surface area contributed by atoms with E-state index in [0.717, 1.165) is 6.42 Å². The molecule has 0 bridgehead atoms. The average molecular weight is 345 g/mol. The van der Waals surface area contributed by atoms with Crippen LogP contribution in [0.1, 0.15) is 79.6 Å². The van der Waals surface area contributed by atoms with Crippen molar-refractivity contribution in [3.8, 4) is 0 Å². The van der Waals surface area contributed by atoms with Crippen LogP contribution in [-0.2, 0) is 9.31 Å². The standard InChI is InChI=1S/C16H30BBrO2/c1-6-7-8-9-10-11-12-14(18)13-17-19-15(2,3)16(4,5)20-17/h13H,6-12H2,1-5H3/b14-13-. The van der Waals surface area contributed by atoms with E-state index in [1.54, 1.807) is 0 Å². The van der Waals surface area contributed by atoms with Gasteiger partial charge in [0, 0.05) is 0 Å². The van der Waals surface area contributed by atoms with Gasteiger partial charge in [0.15, 0.2) is 0 Å². The number of allylic oxidation sites excluding steroid dienone is 1. The van der Waals surface area contributed by atoms with Crippen LogP contribution < -0.4 is 0 Å². The van der Waals surface area contributed by atoms with Gasteiger partial charge >= 0.3 is 7.12 Å². The van der Waals surface area contributed by atoms with Crippen LogP contribution in [0.4, 0.5) is 0 Å². The molecular weight excluding hydrogens is 315 g/mol. The van der Waals surface area contributed by atoms with Crippen LogP contribution >= 0.6 is 15.9 Å². The van der Waals surface area contributed by atoms with Crippen molar-refractivity contribution in [1.29, 1.82) is 0 Å². The van der Waals surface area contributed by atoms with Crippen molar-refractivity contribution in [2.45, 2.75) is 90.8 Å². The molecule has 0 amide bonds. The molecule has 0 aromatic carbocycles. The Morgan fingerprint density at radius 1 is 0.950 bits per heavy atom. The maximum Gasteiger partial charge on any atom is 0.487 e. The zero-order valence-corrected chi connectivity index (χ0v) is 15.4. The normalized spacial score (nSPS) is 21.5. The molecule has 0 aromatic heterocycles. The molecule has 0 spiro atoms. The molecule has 4 heteroatoms. The smallest absolute Gasteiger partial charge is 0.400 e. The molecule has 20 heavy (non-hydrogen) atoms. The summed E-state index contributed by atoms with van der Waals surface area (Å²) >= 11 is 3.65. The molecule has 2 nitrogen and oxygen atoms in total. The van der Waals surface area contributed by atoms with E-state index in [9.17, 15) is 0 Å². The lowest BCUT2D eigenvalue weighted by Gasteiger charge is -2.32. The van der Waals surface area contributed by atoms with E-state index in [4.69, 9.17) is 9.31 Å². The van der Waals surface area contributed by atoms with Gasteiger partial charge in [0.1, 0.15) is 0 Å². The number of hydrogen-bond acceptors (Lipinski definition) is 2. The van der Waals surface area contributed by atoms with Gasteiger partial charge < -0.3 is 9.31 Å². The Balaban J connectivity index is 2.29. The topological polar surface area (TPSA) is 18.5 Å². The van der Waals surface area contributed by atoms with Crippen molar-refractivity contribution in [1.82, 2.24) is 0 Å². The summed E-state index contributed by atoms with van der Waals surface area (Å²) in [7, 11) is -0.227. The van der Waals surface area contributed by atoms with E-state index in [1.807, 2.05) is 0 Å². The molecule has 0 saturated carbocycles. The lowest BCUT2D eigenvalue weighted by atomic mass is 9.89. The molecule has 0 radical (unpaired) electrons. The van der Waals surface area contributed by atoms with Crippen LogP contribution in [0.25, 0.3) is 0 Å². The van der Waals surface area contributed by atoms with Crippen molar-refractivity contribution >= 4 is 23.0 Å². The quantitative estimate of drug-likeness (QED) is 0.418. The Morgan fingerprint density at radius 2 is 1.45 bits per heavy atom. The largest absolute Gasteiger partial charge is 0.487 e. The fraction of sp³-hybridized carbons (Fsp3) is 0.875. The summed E-state index contributed by atoms with van der Waals surface area (Å²) < 4.78 is 13.1. The van der Waals surface area contributed by atoms with Crippen molar-refractivity contribution in [3.05, 3.63) is 10.5 Å². The monoisotopic (exact) mass is 344 g/mol. The molecule has 1 aliphatic rings. The molecule has 0 unspecified atom stereocenters. The second kappa shape index (κ2) is 8.00. The van der Waals surface area contributed by atoms with E-state index in [-0.39, 0.29) is 18.3 Å². The van der Waals surface area contributed by atoms with Gasteiger partial charge in [0.25, 0.3) is 0 Å². The summed E-state index contributed by atoms with van der Waals surface area (Å²) in [5.41, 5.74) is -0.497. The molecule has 1 aliphatic heterocycles. The molecule has 116 valence electrons. The molecule has 1 heterocycles. The molecule has 1 fully saturated rings. The highest BCUT2D eigenvalue weighted by molar-refractivity contribution is 9.11. The van der Waals surface area contributed by atoms with E-state index in [0.29, 0.717) is 0 Å². The van der Waals surface area contributed by atoms with Crippen molar-refractivity contribution in [3.63, 3.8) is 0 Å². The predicted molar refractivity (Wildman–Crippen MR) is 91.1 cm³/mol. The molecule has 0 atom stereocenters. The highest BCUT2D eigenvalue weighted by Gasteiger charge is 2.50.